The Kier molecular flexibility index (Phi) is 8.38. The number of hydrogen-bond acceptors (Lipinski definition) is 3. The minimum absolute atomic E-state index is 0.0376. The zero-order valence-corrected chi connectivity index (χ0v) is 11.8. The van der Waals surface area contributed by atoms with Gasteiger partial charge in [-0.25, -0.2) is 4.39 Å². The highest BCUT2D eigenvalue weighted by Crippen LogP contribution is 2.15. The summed E-state index contributed by atoms with van der Waals surface area (Å²) in [4.78, 5) is 0. The Hall–Kier alpha value is -0.970. The molecule has 19 heavy (non-hydrogen) atoms. The van der Waals surface area contributed by atoms with Crippen molar-refractivity contribution in [2.75, 3.05) is 33.5 Å². The molecule has 0 bridgehead atoms. The number of halogens is 1. The van der Waals surface area contributed by atoms with Gasteiger partial charge in [0.05, 0.1) is 13.2 Å². The summed E-state index contributed by atoms with van der Waals surface area (Å²) in [5.41, 5.74) is 0.721. The minimum Gasteiger partial charge on any atom is -0.382 e. The first kappa shape index (κ1) is 16.1. The monoisotopic (exact) mass is 269 g/mol. The maximum atomic E-state index is 13.5. The fourth-order valence-corrected chi connectivity index (χ4v) is 1.83. The molecule has 1 atom stereocenters. The summed E-state index contributed by atoms with van der Waals surface area (Å²) < 4.78 is 23.8. The topological polar surface area (TPSA) is 30.5 Å². The number of rotatable bonds is 10. The van der Waals surface area contributed by atoms with E-state index in [2.05, 4.69) is 5.32 Å². The maximum absolute atomic E-state index is 13.5. The zero-order valence-electron chi connectivity index (χ0n) is 11.8. The van der Waals surface area contributed by atoms with Crippen LogP contribution in [-0.4, -0.2) is 33.5 Å². The number of nitrogens with one attached hydrogen (secondary N) is 1. The molecule has 0 aromatic heterocycles. The van der Waals surface area contributed by atoms with E-state index < -0.39 is 0 Å². The van der Waals surface area contributed by atoms with Crippen LogP contribution in [0, 0.1) is 5.82 Å². The average Bonchev–Trinajstić information content (AvgIpc) is 2.42. The fourth-order valence-electron chi connectivity index (χ4n) is 1.83. The van der Waals surface area contributed by atoms with Crippen molar-refractivity contribution in [1.82, 2.24) is 5.32 Å². The predicted octanol–water partition coefficient (Wildman–Crippen LogP) is 2.92. The van der Waals surface area contributed by atoms with Crippen molar-refractivity contribution < 1.29 is 13.9 Å². The summed E-state index contributed by atoms with van der Waals surface area (Å²) in [6.07, 6.45) is 2.02. The van der Waals surface area contributed by atoms with E-state index in [1.54, 1.807) is 13.2 Å². The molecule has 0 fully saturated rings. The molecule has 1 aromatic carbocycles. The molecule has 0 spiro atoms. The second kappa shape index (κ2) is 9.89. The third-order valence-electron chi connectivity index (χ3n) is 2.97. The van der Waals surface area contributed by atoms with Crippen LogP contribution in [0.2, 0.25) is 0 Å². The first-order valence-corrected chi connectivity index (χ1v) is 6.80. The molecule has 1 aromatic rings. The summed E-state index contributed by atoms with van der Waals surface area (Å²) in [6, 6.07) is 6.93. The van der Waals surface area contributed by atoms with E-state index in [0.717, 1.165) is 31.6 Å². The van der Waals surface area contributed by atoms with E-state index in [0.29, 0.717) is 13.2 Å². The van der Waals surface area contributed by atoms with Crippen molar-refractivity contribution in [1.29, 1.82) is 0 Å². The van der Waals surface area contributed by atoms with Crippen LogP contribution >= 0.6 is 0 Å². The van der Waals surface area contributed by atoms with Gasteiger partial charge in [-0.05, 0) is 32.4 Å². The molecule has 0 saturated carbocycles. The van der Waals surface area contributed by atoms with Crippen molar-refractivity contribution >= 4 is 0 Å². The van der Waals surface area contributed by atoms with Crippen LogP contribution in [0.5, 0.6) is 0 Å². The van der Waals surface area contributed by atoms with E-state index in [1.807, 2.05) is 19.1 Å². The molecule has 3 nitrogen and oxygen atoms in total. The number of methoxy groups -OCH3 is 1. The summed E-state index contributed by atoms with van der Waals surface area (Å²) in [5, 5.41) is 3.32. The van der Waals surface area contributed by atoms with Gasteiger partial charge in [0.2, 0.25) is 0 Å². The van der Waals surface area contributed by atoms with Gasteiger partial charge >= 0.3 is 0 Å². The summed E-state index contributed by atoms with van der Waals surface area (Å²) in [6.45, 7) is 4.88. The van der Waals surface area contributed by atoms with Crippen LogP contribution in [0.4, 0.5) is 4.39 Å². The molecule has 108 valence electrons. The van der Waals surface area contributed by atoms with Crippen LogP contribution < -0.4 is 5.32 Å². The van der Waals surface area contributed by atoms with E-state index >= 15 is 0 Å². The summed E-state index contributed by atoms with van der Waals surface area (Å²) in [7, 11) is 1.66. The largest absolute Gasteiger partial charge is 0.382 e. The highest BCUT2D eigenvalue weighted by molar-refractivity contribution is 5.20. The molecule has 1 N–H and O–H groups in total. The first-order valence-electron chi connectivity index (χ1n) is 6.80. The molecular weight excluding hydrogens is 245 g/mol. The minimum atomic E-state index is -0.148. The standard InChI is InChI=1S/C15H24FNO2/c1-13(14-7-3-4-8-15(14)16)17-9-5-6-10-19-12-11-18-2/h3-4,7-8,13,17H,5-6,9-12H2,1-2H3. The Morgan fingerprint density at radius 3 is 2.68 bits per heavy atom. The lowest BCUT2D eigenvalue weighted by molar-refractivity contribution is 0.0687. The highest BCUT2D eigenvalue weighted by Gasteiger charge is 2.08. The Balaban J connectivity index is 2.08. The SMILES string of the molecule is COCCOCCCCNC(C)c1ccccc1F. The molecule has 0 saturated heterocycles. The molecule has 0 aliphatic rings. The van der Waals surface area contributed by atoms with Gasteiger partial charge in [0.15, 0.2) is 0 Å². The molecule has 1 unspecified atom stereocenters. The predicted molar refractivity (Wildman–Crippen MR) is 74.7 cm³/mol. The molecule has 0 radical (unpaired) electrons. The molecule has 0 heterocycles. The van der Waals surface area contributed by atoms with Crippen LogP contribution in [0.25, 0.3) is 0 Å². The van der Waals surface area contributed by atoms with Crippen molar-refractivity contribution in [3.8, 4) is 0 Å². The van der Waals surface area contributed by atoms with Gasteiger partial charge in [0.1, 0.15) is 5.82 Å². The highest BCUT2D eigenvalue weighted by atomic mass is 19.1. The van der Waals surface area contributed by atoms with Crippen molar-refractivity contribution in [2.45, 2.75) is 25.8 Å². The molecule has 0 aliphatic carbocycles. The molecule has 0 amide bonds. The normalized spacial score (nSPS) is 12.6. The van der Waals surface area contributed by atoms with E-state index in [9.17, 15) is 4.39 Å². The zero-order chi connectivity index (χ0) is 13.9. The Morgan fingerprint density at radius 1 is 1.16 bits per heavy atom. The number of benzene rings is 1. The Labute approximate surface area is 115 Å². The lowest BCUT2D eigenvalue weighted by Crippen LogP contribution is -2.21. The van der Waals surface area contributed by atoms with Gasteiger partial charge in [-0.3, -0.25) is 0 Å². The summed E-state index contributed by atoms with van der Waals surface area (Å²) in [5.74, 6) is -0.148. The Morgan fingerprint density at radius 2 is 1.95 bits per heavy atom. The Bertz CT molecular complexity index is 347. The third kappa shape index (κ3) is 6.66. The van der Waals surface area contributed by atoms with Gasteiger partial charge in [-0.1, -0.05) is 18.2 Å². The van der Waals surface area contributed by atoms with E-state index in [-0.39, 0.29) is 11.9 Å². The quantitative estimate of drug-likeness (QED) is 0.662. The van der Waals surface area contributed by atoms with E-state index in [1.165, 1.54) is 6.07 Å². The van der Waals surface area contributed by atoms with Crippen LogP contribution in [-0.2, 0) is 9.47 Å². The number of hydrogen-bond donors (Lipinski definition) is 1. The molecule has 1 rings (SSSR count). The van der Waals surface area contributed by atoms with Crippen LogP contribution in [0.3, 0.4) is 0 Å². The number of unbranched alkanes of at least 4 members (excludes halogenated alkanes) is 1. The average molecular weight is 269 g/mol. The lowest BCUT2D eigenvalue weighted by atomic mass is 10.1. The fraction of sp³-hybridized carbons (Fsp3) is 0.600. The molecule has 4 heteroatoms. The molecular formula is C15H24FNO2. The number of ether oxygens (including phenoxy) is 2. The first-order chi connectivity index (χ1) is 9.25. The van der Waals surface area contributed by atoms with Gasteiger partial charge in [-0.15, -0.1) is 0 Å². The van der Waals surface area contributed by atoms with E-state index in [4.69, 9.17) is 9.47 Å². The van der Waals surface area contributed by atoms with Gasteiger partial charge in [0.25, 0.3) is 0 Å². The van der Waals surface area contributed by atoms with Gasteiger partial charge in [0, 0.05) is 25.3 Å². The van der Waals surface area contributed by atoms with Crippen molar-refractivity contribution in [3.05, 3.63) is 35.6 Å². The lowest BCUT2D eigenvalue weighted by Gasteiger charge is -2.14. The van der Waals surface area contributed by atoms with Gasteiger partial charge in [-0.2, -0.15) is 0 Å². The third-order valence-corrected chi connectivity index (χ3v) is 2.97. The summed E-state index contributed by atoms with van der Waals surface area (Å²) >= 11 is 0. The molecule has 0 aliphatic heterocycles. The smallest absolute Gasteiger partial charge is 0.127 e. The van der Waals surface area contributed by atoms with Crippen LogP contribution in [0.1, 0.15) is 31.4 Å². The maximum Gasteiger partial charge on any atom is 0.127 e. The van der Waals surface area contributed by atoms with Crippen molar-refractivity contribution in [2.24, 2.45) is 0 Å². The second-order valence-electron chi connectivity index (χ2n) is 4.51. The van der Waals surface area contributed by atoms with Crippen LogP contribution in [0.15, 0.2) is 24.3 Å². The van der Waals surface area contributed by atoms with Crippen molar-refractivity contribution in [3.63, 3.8) is 0 Å². The second-order valence-corrected chi connectivity index (χ2v) is 4.51. The van der Waals surface area contributed by atoms with Gasteiger partial charge < -0.3 is 14.8 Å².